The number of carbonyl (C=O) groups is 2. The highest BCUT2D eigenvalue weighted by Gasteiger charge is 2.24. The highest BCUT2D eigenvalue weighted by Crippen LogP contribution is 2.22. The van der Waals surface area contributed by atoms with Gasteiger partial charge in [0.1, 0.15) is 6.04 Å². The van der Waals surface area contributed by atoms with E-state index in [1.807, 2.05) is 13.8 Å². The molecule has 0 radical (unpaired) electrons. The van der Waals surface area contributed by atoms with E-state index >= 15 is 0 Å². The van der Waals surface area contributed by atoms with Gasteiger partial charge in [-0.25, -0.2) is 10.2 Å². The Morgan fingerprint density at radius 2 is 1.85 bits per heavy atom. The van der Waals surface area contributed by atoms with Crippen LogP contribution >= 0.6 is 0 Å². The first kappa shape index (κ1) is 16.8. The van der Waals surface area contributed by atoms with Crippen LogP contribution in [0.4, 0.5) is 4.79 Å². The van der Waals surface area contributed by atoms with E-state index in [-0.39, 0.29) is 11.8 Å². The summed E-state index contributed by atoms with van der Waals surface area (Å²) in [7, 11) is 1.28. The Hall–Kier alpha value is -1.30. The van der Waals surface area contributed by atoms with E-state index in [4.69, 9.17) is 0 Å². The Morgan fingerprint density at radius 3 is 2.40 bits per heavy atom. The van der Waals surface area contributed by atoms with Crippen LogP contribution in [0.2, 0.25) is 0 Å². The average Bonchev–Trinajstić information content (AvgIpc) is 2.45. The number of methoxy groups -OCH3 is 1. The van der Waals surface area contributed by atoms with E-state index in [2.05, 4.69) is 20.9 Å². The molecule has 3 N–H and O–H groups in total. The Morgan fingerprint density at radius 1 is 1.20 bits per heavy atom. The van der Waals surface area contributed by atoms with Crippen molar-refractivity contribution in [3.63, 3.8) is 0 Å². The Kier molecular flexibility index (Phi) is 7.36. The average molecular weight is 285 g/mol. The van der Waals surface area contributed by atoms with Gasteiger partial charge < -0.3 is 10.1 Å². The Bertz CT molecular complexity index is 315. The van der Waals surface area contributed by atoms with Crippen LogP contribution in [0.5, 0.6) is 0 Å². The number of rotatable bonds is 6. The quantitative estimate of drug-likeness (QED) is 0.647. The van der Waals surface area contributed by atoms with Crippen molar-refractivity contribution in [3.8, 4) is 0 Å². The molecule has 0 heterocycles. The molecular weight excluding hydrogens is 258 g/mol. The number of hydrogen-bond donors (Lipinski definition) is 3. The molecule has 0 saturated heterocycles. The fourth-order valence-electron chi connectivity index (χ4n) is 2.47. The number of carbonyl (C=O) groups excluding carboxylic acids is 2. The van der Waals surface area contributed by atoms with E-state index in [9.17, 15) is 9.59 Å². The summed E-state index contributed by atoms with van der Waals surface area (Å²) in [6.45, 7) is 4.54. The minimum atomic E-state index is -0.596. The predicted molar refractivity (Wildman–Crippen MR) is 76.9 cm³/mol. The normalized spacial score (nSPS) is 17.6. The van der Waals surface area contributed by atoms with Crippen molar-refractivity contribution in [3.05, 3.63) is 0 Å². The van der Waals surface area contributed by atoms with E-state index in [0.717, 1.165) is 6.54 Å². The summed E-state index contributed by atoms with van der Waals surface area (Å²) < 4.78 is 4.53. The SMILES string of the molecule is COC(=O)N[C@H](C(=O)NNCC1CCCCC1)C(C)C. The maximum Gasteiger partial charge on any atom is 0.407 e. The van der Waals surface area contributed by atoms with Crippen LogP contribution in [0.3, 0.4) is 0 Å². The molecule has 1 saturated carbocycles. The summed E-state index contributed by atoms with van der Waals surface area (Å²) in [6.07, 6.45) is 5.72. The number of amides is 2. The van der Waals surface area contributed by atoms with Gasteiger partial charge in [0.15, 0.2) is 0 Å². The molecule has 0 spiro atoms. The van der Waals surface area contributed by atoms with Crippen LogP contribution < -0.4 is 16.2 Å². The molecule has 0 unspecified atom stereocenters. The van der Waals surface area contributed by atoms with Crippen LogP contribution in [-0.4, -0.2) is 31.7 Å². The molecule has 0 bridgehead atoms. The van der Waals surface area contributed by atoms with E-state index in [1.54, 1.807) is 0 Å². The van der Waals surface area contributed by atoms with Gasteiger partial charge >= 0.3 is 6.09 Å². The van der Waals surface area contributed by atoms with Crippen LogP contribution in [0, 0.1) is 11.8 Å². The third-order valence-electron chi connectivity index (χ3n) is 3.73. The predicted octanol–water partition coefficient (Wildman–Crippen LogP) is 1.57. The first-order valence-electron chi connectivity index (χ1n) is 7.41. The fraction of sp³-hybridized carbons (Fsp3) is 0.857. The highest BCUT2D eigenvalue weighted by molar-refractivity contribution is 5.85. The smallest absolute Gasteiger partial charge is 0.407 e. The van der Waals surface area contributed by atoms with Gasteiger partial charge in [0.05, 0.1) is 7.11 Å². The first-order valence-corrected chi connectivity index (χ1v) is 7.41. The lowest BCUT2D eigenvalue weighted by Gasteiger charge is -2.24. The van der Waals surface area contributed by atoms with Gasteiger partial charge in [-0.05, 0) is 24.7 Å². The summed E-state index contributed by atoms with van der Waals surface area (Å²) in [5.41, 5.74) is 5.67. The van der Waals surface area contributed by atoms with Crippen molar-refractivity contribution in [2.24, 2.45) is 11.8 Å². The summed E-state index contributed by atoms with van der Waals surface area (Å²) in [6, 6.07) is -0.596. The number of hydrazine groups is 1. The zero-order valence-electron chi connectivity index (χ0n) is 12.7. The molecule has 1 rings (SSSR count). The molecule has 0 aromatic heterocycles. The molecular formula is C14H27N3O3. The first-order chi connectivity index (χ1) is 9.54. The lowest BCUT2D eigenvalue weighted by molar-refractivity contribution is -0.125. The van der Waals surface area contributed by atoms with Gasteiger partial charge in [0, 0.05) is 6.54 Å². The summed E-state index contributed by atoms with van der Waals surface area (Å²) in [4.78, 5) is 23.3. The van der Waals surface area contributed by atoms with E-state index in [1.165, 1.54) is 39.2 Å². The van der Waals surface area contributed by atoms with E-state index in [0.29, 0.717) is 5.92 Å². The van der Waals surface area contributed by atoms with Gasteiger partial charge in [-0.3, -0.25) is 10.2 Å². The Labute approximate surface area is 121 Å². The molecule has 1 aliphatic carbocycles. The molecule has 20 heavy (non-hydrogen) atoms. The molecule has 116 valence electrons. The van der Waals surface area contributed by atoms with Crippen molar-refractivity contribution in [2.45, 2.75) is 52.0 Å². The number of alkyl carbamates (subject to hydrolysis) is 1. The van der Waals surface area contributed by atoms with Crippen LogP contribution in [0.25, 0.3) is 0 Å². The second-order valence-electron chi connectivity index (χ2n) is 5.73. The number of hydrogen-bond acceptors (Lipinski definition) is 4. The largest absolute Gasteiger partial charge is 0.453 e. The van der Waals surface area contributed by atoms with Crippen molar-refractivity contribution >= 4 is 12.0 Å². The molecule has 0 aliphatic heterocycles. The molecule has 0 aromatic rings. The van der Waals surface area contributed by atoms with Gasteiger partial charge in [-0.1, -0.05) is 33.1 Å². The fourth-order valence-corrected chi connectivity index (χ4v) is 2.47. The van der Waals surface area contributed by atoms with Crippen molar-refractivity contribution < 1.29 is 14.3 Å². The monoisotopic (exact) mass is 285 g/mol. The van der Waals surface area contributed by atoms with Gasteiger partial charge in [-0.15, -0.1) is 0 Å². The molecule has 2 amide bonds. The molecule has 0 aromatic carbocycles. The molecule has 6 nitrogen and oxygen atoms in total. The maximum atomic E-state index is 12.0. The second-order valence-corrected chi connectivity index (χ2v) is 5.73. The van der Waals surface area contributed by atoms with Crippen molar-refractivity contribution in [2.75, 3.05) is 13.7 Å². The van der Waals surface area contributed by atoms with Crippen molar-refractivity contribution in [1.82, 2.24) is 16.2 Å². The van der Waals surface area contributed by atoms with E-state index < -0.39 is 12.1 Å². The lowest BCUT2D eigenvalue weighted by Crippen LogP contribution is -2.53. The van der Waals surface area contributed by atoms with Gasteiger partial charge in [-0.2, -0.15) is 0 Å². The standard InChI is InChI=1S/C14H27N3O3/c1-10(2)12(16-14(19)20-3)13(18)17-15-9-11-7-5-4-6-8-11/h10-12,15H,4-9H2,1-3H3,(H,16,19)(H,17,18)/t12-/m0/s1. The maximum absolute atomic E-state index is 12.0. The molecule has 1 fully saturated rings. The Balaban J connectivity index is 2.31. The molecule has 1 atom stereocenters. The summed E-state index contributed by atoms with van der Waals surface area (Å²) >= 11 is 0. The summed E-state index contributed by atoms with van der Waals surface area (Å²) in [5.74, 6) is 0.391. The molecule has 6 heteroatoms. The lowest BCUT2D eigenvalue weighted by atomic mass is 9.89. The highest BCUT2D eigenvalue weighted by atomic mass is 16.5. The minimum Gasteiger partial charge on any atom is -0.453 e. The number of ether oxygens (including phenoxy) is 1. The number of nitrogens with one attached hydrogen (secondary N) is 3. The molecule has 1 aliphatic rings. The van der Waals surface area contributed by atoms with Crippen molar-refractivity contribution in [1.29, 1.82) is 0 Å². The third kappa shape index (κ3) is 5.77. The van der Waals surface area contributed by atoms with Crippen LogP contribution in [0.1, 0.15) is 46.0 Å². The zero-order chi connectivity index (χ0) is 15.0. The topological polar surface area (TPSA) is 79.5 Å². The van der Waals surface area contributed by atoms with Crippen LogP contribution in [-0.2, 0) is 9.53 Å². The zero-order valence-corrected chi connectivity index (χ0v) is 12.7. The summed E-state index contributed by atoms with van der Waals surface area (Å²) in [5, 5.41) is 2.54. The van der Waals surface area contributed by atoms with Gasteiger partial charge in [0.2, 0.25) is 0 Å². The minimum absolute atomic E-state index is 0.00872. The second kappa shape index (κ2) is 8.79. The third-order valence-corrected chi connectivity index (χ3v) is 3.73. The van der Waals surface area contributed by atoms with Gasteiger partial charge in [0.25, 0.3) is 5.91 Å². The van der Waals surface area contributed by atoms with Crippen LogP contribution in [0.15, 0.2) is 0 Å².